The van der Waals surface area contributed by atoms with Gasteiger partial charge in [0.15, 0.2) is 0 Å². The first-order chi connectivity index (χ1) is 17.4. The molecule has 7 nitrogen and oxygen atoms in total. The van der Waals surface area contributed by atoms with E-state index >= 15 is 0 Å². The van der Waals surface area contributed by atoms with E-state index in [0.29, 0.717) is 18.5 Å². The quantitative estimate of drug-likeness (QED) is 0.382. The molecule has 3 amide bonds. The van der Waals surface area contributed by atoms with Gasteiger partial charge in [-0.25, -0.2) is 13.6 Å². The van der Waals surface area contributed by atoms with Gasteiger partial charge in [-0.1, -0.05) is 42.5 Å². The highest BCUT2D eigenvalue weighted by Crippen LogP contribution is 2.24. The largest absolute Gasteiger partial charge is 0.394 e. The van der Waals surface area contributed by atoms with Crippen molar-refractivity contribution >= 4 is 23.3 Å². The number of aliphatic hydroxyl groups excluding tert-OH is 1. The Kier molecular flexibility index (Phi) is 8.24. The number of amides is 3. The average Bonchev–Trinajstić information content (AvgIpc) is 2.88. The normalized spacial score (nSPS) is 19.4. The van der Waals surface area contributed by atoms with Crippen molar-refractivity contribution in [2.45, 2.75) is 37.5 Å². The van der Waals surface area contributed by atoms with Crippen molar-refractivity contribution in [3.63, 3.8) is 0 Å². The summed E-state index contributed by atoms with van der Waals surface area (Å²) >= 11 is 0. The van der Waals surface area contributed by atoms with Crippen LogP contribution in [-0.2, 0) is 9.53 Å². The van der Waals surface area contributed by atoms with Gasteiger partial charge < -0.3 is 25.8 Å². The van der Waals surface area contributed by atoms with E-state index in [-0.39, 0.29) is 24.6 Å². The van der Waals surface area contributed by atoms with Crippen LogP contribution in [0.15, 0.2) is 72.8 Å². The lowest BCUT2D eigenvalue weighted by atomic mass is 9.97. The van der Waals surface area contributed by atoms with Crippen LogP contribution in [0.25, 0.3) is 11.1 Å². The molecule has 1 aliphatic rings. The summed E-state index contributed by atoms with van der Waals surface area (Å²) in [4.78, 5) is 24.8. The van der Waals surface area contributed by atoms with Crippen LogP contribution in [0, 0.1) is 11.6 Å². The molecule has 0 spiro atoms. The van der Waals surface area contributed by atoms with Gasteiger partial charge in [0, 0.05) is 11.8 Å². The van der Waals surface area contributed by atoms with Crippen molar-refractivity contribution in [2.75, 3.05) is 17.2 Å². The zero-order valence-corrected chi connectivity index (χ0v) is 19.4. The van der Waals surface area contributed by atoms with E-state index in [1.165, 1.54) is 0 Å². The molecule has 1 saturated heterocycles. The first-order valence-corrected chi connectivity index (χ1v) is 11.7. The van der Waals surface area contributed by atoms with Gasteiger partial charge in [0.05, 0.1) is 30.9 Å². The van der Waals surface area contributed by atoms with E-state index in [4.69, 9.17) is 4.74 Å². The molecule has 9 heteroatoms. The lowest BCUT2D eigenvalue weighted by Crippen LogP contribution is -2.52. The van der Waals surface area contributed by atoms with Gasteiger partial charge in [-0.3, -0.25) is 4.79 Å². The first kappa shape index (κ1) is 25.3. The molecule has 188 valence electrons. The topological polar surface area (TPSA) is 99.7 Å². The standard InChI is InChI=1S/C27H27F2N3O4/c28-19-8-12-22(29)24(14-19)32-27(35)31-23-13-11-21(36-25(23)16-33)15-26(34)30-20-9-6-18(7-10-20)17-4-2-1-3-5-17/h1-10,12,14,21,23,25,33H,11,13,15-16H2,(H,30,34)(H2,31,32,35)/t21-,23-,25-/m0/s1. The number of halogens is 2. The zero-order chi connectivity index (χ0) is 25.5. The van der Waals surface area contributed by atoms with Crippen molar-refractivity contribution < 1.29 is 28.2 Å². The highest BCUT2D eigenvalue weighted by Gasteiger charge is 2.33. The van der Waals surface area contributed by atoms with Crippen LogP contribution in [0.5, 0.6) is 0 Å². The minimum absolute atomic E-state index is 0.0877. The minimum atomic E-state index is -0.772. The fourth-order valence-electron chi connectivity index (χ4n) is 4.16. The third-order valence-corrected chi connectivity index (χ3v) is 5.98. The third-order valence-electron chi connectivity index (χ3n) is 5.98. The van der Waals surface area contributed by atoms with Crippen molar-refractivity contribution in [3.8, 4) is 11.1 Å². The molecule has 1 heterocycles. The Balaban J connectivity index is 1.26. The summed E-state index contributed by atoms with van der Waals surface area (Å²) in [6, 6.07) is 18.9. The number of carbonyl (C=O) groups excluding carboxylic acids is 2. The summed E-state index contributed by atoms with van der Waals surface area (Å²) in [6.45, 7) is -0.377. The van der Waals surface area contributed by atoms with Crippen LogP contribution in [0.3, 0.4) is 0 Å². The van der Waals surface area contributed by atoms with Crippen molar-refractivity contribution in [3.05, 3.63) is 84.4 Å². The Hall–Kier alpha value is -3.82. The van der Waals surface area contributed by atoms with Crippen molar-refractivity contribution in [1.29, 1.82) is 0 Å². The summed E-state index contributed by atoms with van der Waals surface area (Å²) in [5.41, 5.74) is 2.49. The number of ether oxygens (including phenoxy) is 1. The molecule has 1 fully saturated rings. The first-order valence-electron chi connectivity index (χ1n) is 11.7. The third kappa shape index (κ3) is 6.65. The number of urea groups is 1. The van der Waals surface area contributed by atoms with E-state index < -0.39 is 35.9 Å². The molecular formula is C27H27F2N3O4. The van der Waals surface area contributed by atoms with Gasteiger partial charge in [-0.2, -0.15) is 0 Å². The number of carbonyl (C=O) groups is 2. The Morgan fingerprint density at radius 2 is 1.64 bits per heavy atom. The van der Waals surface area contributed by atoms with E-state index in [9.17, 15) is 23.5 Å². The van der Waals surface area contributed by atoms with Gasteiger partial charge in [-0.15, -0.1) is 0 Å². The Morgan fingerprint density at radius 3 is 2.36 bits per heavy atom. The van der Waals surface area contributed by atoms with Gasteiger partial charge >= 0.3 is 6.03 Å². The molecule has 4 rings (SSSR count). The Bertz CT molecular complexity index is 1190. The molecule has 4 N–H and O–H groups in total. The van der Waals surface area contributed by atoms with Crippen LogP contribution in [0.2, 0.25) is 0 Å². The minimum Gasteiger partial charge on any atom is -0.394 e. The van der Waals surface area contributed by atoms with Crippen LogP contribution in [-0.4, -0.2) is 41.9 Å². The molecule has 0 unspecified atom stereocenters. The summed E-state index contributed by atoms with van der Waals surface area (Å²) in [6.07, 6.45) is -0.188. The van der Waals surface area contributed by atoms with Crippen LogP contribution >= 0.6 is 0 Å². The van der Waals surface area contributed by atoms with Crippen LogP contribution in [0.1, 0.15) is 19.3 Å². The molecule has 36 heavy (non-hydrogen) atoms. The number of nitrogens with one attached hydrogen (secondary N) is 3. The molecule has 0 aliphatic carbocycles. The fourth-order valence-corrected chi connectivity index (χ4v) is 4.16. The molecule has 1 aliphatic heterocycles. The highest BCUT2D eigenvalue weighted by atomic mass is 19.1. The van der Waals surface area contributed by atoms with E-state index in [2.05, 4.69) is 16.0 Å². The molecule has 0 radical (unpaired) electrons. The molecule has 3 atom stereocenters. The fraction of sp³-hybridized carbons (Fsp3) is 0.259. The second-order valence-corrected chi connectivity index (χ2v) is 8.58. The van der Waals surface area contributed by atoms with Crippen LogP contribution < -0.4 is 16.0 Å². The summed E-state index contributed by atoms with van der Waals surface area (Å²) in [5, 5.41) is 17.5. The van der Waals surface area contributed by atoms with Gasteiger partial charge in [0.1, 0.15) is 17.7 Å². The van der Waals surface area contributed by atoms with Gasteiger partial charge in [-0.05, 0) is 48.2 Å². The van der Waals surface area contributed by atoms with Crippen molar-refractivity contribution in [2.24, 2.45) is 0 Å². The maximum absolute atomic E-state index is 13.8. The Morgan fingerprint density at radius 1 is 0.917 bits per heavy atom. The number of hydrogen-bond acceptors (Lipinski definition) is 4. The predicted octanol–water partition coefficient (Wildman–Crippen LogP) is 4.69. The lowest BCUT2D eigenvalue weighted by molar-refractivity contribution is -0.126. The SMILES string of the molecule is O=C(C[C@@H]1CC[C@H](NC(=O)Nc2cc(F)ccc2F)[C@H](CO)O1)Nc1ccc(-c2ccccc2)cc1. The Labute approximate surface area is 207 Å². The van der Waals surface area contributed by atoms with Crippen molar-refractivity contribution in [1.82, 2.24) is 5.32 Å². The molecule has 3 aromatic rings. The lowest BCUT2D eigenvalue weighted by Gasteiger charge is -2.35. The second kappa shape index (κ2) is 11.7. The monoisotopic (exact) mass is 495 g/mol. The molecule has 0 bridgehead atoms. The molecule has 0 aromatic heterocycles. The maximum Gasteiger partial charge on any atom is 0.319 e. The summed E-state index contributed by atoms with van der Waals surface area (Å²) < 4.78 is 32.9. The zero-order valence-electron chi connectivity index (χ0n) is 19.4. The molecular weight excluding hydrogens is 468 g/mol. The highest BCUT2D eigenvalue weighted by molar-refractivity contribution is 5.91. The van der Waals surface area contributed by atoms with E-state index in [1.54, 1.807) is 0 Å². The smallest absolute Gasteiger partial charge is 0.319 e. The number of aliphatic hydroxyl groups is 1. The predicted molar refractivity (Wildman–Crippen MR) is 132 cm³/mol. The van der Waals surface area contributed by atoms with E-state index in [0.717, 1.165) is 29.3 Å². The number of benzene rings is 3. The maximum atomic E-state index is 13.8. The average molecular weight is 496 g/mol. The van der Waals surface area contributed by atoms with Crippen LogP contribution in [0.4, 0.5) is 25.0 Å². The van der Waals surface area contributed by atoms with E-state index in [1.807, 2.05) is 54.6 Å². The van der Waals surface area contributed by atoms with Gasteiger partial charge in [0.2, 0.25) is 5.91 Å². The number of rotatable bonds is 7. The second-order valence-electron chi connectivity index (χ2n) is 8.58. The summed E-state index contributed by atoms with van der Waals surface area (Å²) in [7, 11) is 0. The molecule has 3 aromatic carbocycles. The number of anilines is 2. The summed E-state index contributed by atoms with van der Waals surface area (Å²) in [5.74, 6) is -1.69. The van der Waals surface area contributed by atoms with Gasteiger partial charge in [0.25, 0.3) is 0 Å². The molecule has 0 saturated carbocycles. The number of hydrogen-bond donors (Lipinski definition) is 4.